The third-order valence-electron chi connectivity index (χ3n) is 2.84. The molecule has 0 spiro atoms. The van der Waals surface area contributed by atoms with Crippen LogP contribution in [-0.4, -0.2) is 16.3 Å². The van der Waals surface area contributed by atoms with E-state index in [2.05, 4.69) is 12.0 Å². The molecule has 0 bridgehead atoms. The van der Waals surface area contributed by atoms with Gasteiger partial charge in [-0.25, -0.2) is 0 Å². The van der Waals surface area contributed by atoms with Gasteiger partial charge in [-0.1, -0.05) is 30.3 Å². The van der Waals surface area contributed by atoms with Gasteiger partial charge in [0.1, 0.15) is 23.4 Å². The number of hydrogen-bond donors (Lipinski definition) is 2. The van der Waals surface area contributed by atoms with Gasteiger partial charge < -0.3 is 14.9 Å². The summed E-state index contributed by atoms with van der Waals surface area (Å²) in [5, 5.41) is 17.3. The first-order chi connectivity index (χ1) is 10.2. The predicted octanol–water partition coefficient (Wildman–Crippen LogP) is 3.58. The average Bonchev–Trinajstić information content (AvgIpc) is 2.48. The van der Waals surface area contributed by atoms with Crippen LogP contribution in [0.5, 0.6) is 17.2 Å². The van der Waals surface area contributed by atoms with Gasteiger partial charge in [0, 0.05) is 18.1 Å². The van der Waals surface area contributed by atoms with Crippen LogP contribution < -0.4 is 4.74 Å². The summed E-state index contributed by atoms with van der Waals surface area (Å²) in [6.45, 7) is 0. The summed E-state index contributed by atoms with van der Waals surface area (Å²) in [6.07, 6.45) is 9.95. The fraction of sp³-hybridized carbons (Fsp3) is 0.111. The molecular formula is C18H16O3. The molecule has 0 saturated carbocycles. The lowest BCUT2D eigenvalue weighted by atomic mass is 10.1. The van der Waals surface area contributed by atoms with Crippen molar-refractivity contribution in [2.45, 2.75) is 12.5 Å². The fourth-order valence-corrected chi connectivity index (χ4v) is 1.86. The van der Waals surface area contributed by atoms with Crippen molar-refractivity contribution in [3.63, 3.8) is 0 Å². The van der Waals surface area contributed by atoms with Crippen molar-refractivity contribution >= 4 is 6.08 Å². The maximum Gasteiger partial charge on any atom is 0.128 e. The highest BCUT2D eigenvalue weighted by molar-refractivity contribution is 5.59. The summed E-state index contributed by atoms with van der Waals surface area (Å²) in [5.74, 6) is 3.69. The lowest BCUT2D eigenvalue weighted by Gasteiger charge is -2.19. The highest BCUT2D eigenvalue weighted by Crippen LogP contribution is 2.25. The molecule has 2 aromatic carbocycles. The molecule has 3 rings (SSSR count). The average molecular weight is 280 g/mol. The standard InChI is InChI=1S/C12H10O.C6H6O2/c1-2-5-11-9-8-10-6-3-4-7-12(10)13-11;7-5-2-1-3-6(8)4-5/h1,3-4,6-9,11H,5H2;1-4,7-8H. The number of terminal acetylenes is 1. The Kier molecular flexibility index (Phi) is 4.89. The minimum absolute atomic E-state index is 0.0416. The molecular weight excluding hydrogens is 264 g/mol. The molecule has 1 aliphatic rings. The third-order valence-corrected chi connectivity index (χ3v) is 2.84. The van der Waals surface area contributed by atoms with E-state index in [1.165, 1.54) is 18.2 Å². The summed E-state index contributed by atoms with van der Waals surface area (Å²) in [5.41, 5.74) is 1.12. The van der Waals surface area contributed by atoms with Crippen LogP contribution >= 0.6 is 0 Å². The molecule has 2 N–H and O–H groups in total. The number of fused-ring (bicyclic) bond motifs is 1. The number of rotatable bonds is 1. The highest BCUT2D eigenvalue weighted by atomic mass is 16.5. The number of hydrogen-bond acceptors (Lipinski definition) is 3. The Morgan fingerprint density at radius 2 is 1.76 bits per heavy atom. The molecule has 1 heterocycles. The van der Waals surface area contributed by atoms with Crippen LogP contribution in [0.25, 0.3) is 6.08 Å². The molecule has 3 nitrogen and oxygen atoms in total. The van der Waals surface area contributed by atoms with Crippen molar-refractivity contribution in [2.24, 2.45) is 0 Å². The third kappa shape index (κ3) is 4.32. The summed E-state index contributed by atoms with van der Waals surface area (Å²) in [6, 6.07) is 13.8. The van der Waals surface area contributed by atoms with Crippen LogP contribution in [0.4, 0.5) is 0 Å². The second-order valence-electron chi connectivity index (χ2n) is 4.48. The van der Waals surface area contributed by atoms with Crippen LogP contribution in [0.3, 0.4) is 0 Å². The normalized spacial score (nSPS) is 14.9. The molecule has 0 amide bonds. The zero-order valence-corrected chi connectivity index (χ0v) is 11.4. The van der Waals surface area contributed by atoms with E-state index in [0.29, 0.717) is 6.42 Å². The van der Waals surface area contributed by atoms with Crippen molar-refractivity contribution in [1.82, 2.24) is 0 Å². The van der Waals surface area contributed by atoms with Crippen LogP contribution in [0, 0.1) is 12.3 Å². The Labute approximate surface area is 124 Å². The largest absolute Gasteiger partial charge is 0.508 e. The monoisotopic (exact) mass is 280 g/mol. The van der Waals surface area contributed by atoms with E-state index >= 15 is 0 Å². The van der Waals surface area contributed by atoms with E-state index in [1.807, 2.05) is 30.3 Å². The first-order valence-corrected chi connectivity index (χ1v) is 6.54. The van der Waals surface area contributed by atoms with Gasteiger partial charge in [-0.2, -0.15) is 0 Å². The SMILES string of the molecule is C#CCC1C=Cc2ccccc2O1.Oc1cccc(O)c1. The van der Waals surface area contributed by atoms with Crippen LogP contribution in [0.2, 0.25) is 0 Å². The molecule has 0 saturated heterocycles. The number of phenols is 2. The Balaban J connectivity index is 0.000000173. The van der Waals surface area contributed by atoms with Crippen molar-refractivity contribution in [1.29, 1.82) is 0 Å². The number of aromatic hydroxyl groups is 2. The quantitative estimate of drug-likeness (QED) is 0.785. The number of para-hydroxylation sites is 1. The summed E-state index contributed by atoms with van der Waals surface area (Å²) >= 11 is 0. The molecule has 0 aromatic heterocycles. The molecule has 21 heavy (non-hydrogen) atoms. The van der Waals surface area contributed by atoms with Gasteiger partial charge in [0.2, 0.25) is 0 Å². The van der Waals surface area contributed by atoms with Crippen molar-refractivity contribution in [3.8, 4) is 29.6 Å². The van der Waals surface area contributed by atoms with Gasteiger partial charge in [0.25, 0.3) is 0 Å². The minimum Gasteiger partial charge on any atom is -0.508 e. The van der Waals surface area contributed by atoms with Crippen LogP contribution in [0.1, 0.15) is 12.0 Å². The second kappa shape index (κ2) is 7.06. The molecule has 3 heteroatoms. The van der Waals surface area contributed by atoms with Crippen molar-refractivity contribution in [2.75, 3.05) is 0 Å². The summed E-state index contributed by atoms with van der Waals surface area (Å²) in [4.78, 5) is 0. The highest BCUT2D eigenvalue weighted by Gasteiger charge is 2.11. The zero-order valence-electron chi connectivity index (χ0n) is 11.4. The lowest BCUT2D eigenvalue weighted by molar-refractivity contribution is 0.252. The van der Waals surface area contributed by atoms with E-state index in [-0.39, 0.29) is 17.6 Å². The molecule has 1 unspecified atom stereocenters. The molecule has 1 aliphatic heterocycles. The van der Waals surface area contributed by atoms with E-state index in [9.17, 15) is 0 Å². The molecule has 0 aliphatic carbocycles. The Bertz CT molecular complexity index is 651. The van der Waals surface area contributed by atoms with Gasteiger partial charge in [-0.3, -0.25) is 0 Å². The Morgan fingerprint density at radius 3 is 2.38 bits per heavy atom. The summed E-state index contributed by atoms with van der Waals surface area (Å²) < 4.78 is 5.64. The molecule has 2 aromatic rings. The predicted molar refractivity (Wildman–Crippen MR) is 83.1 cm³/mol. The summed E-state index contributed by atoms with van der Waals surface area (Å²) in [7, 11) is 0. The van der Waals surface area contributed by atoms with E-state index in [1.54, 1.807) is 6.07 Å². The lowest BCUT2D eigenvalue weighted by Crippen LogP contribution is -2.15. The van der Waals surface area contributed by atoms with Crippen molar-refractivity contribution < 1.29 is 14.9 Å². The number of ether oxygens (including phenoxy) is 1. The first kappa shape index (κ1) is 14.5. The molecule has 0 radical (unpaired) electrons. The van der Waals surface area contributed by atoms with Crippen molar-refractivity contribution in [3.05, 3.63) is 60.2 Å². The van der Waals surface area contributed by atoms with Gasteiger partial charge in [0.15, 0.2) is 0 Å². The molecule has 0 fully saturated rings. The number of benzene rings is 2. The topological polar surface area (TPSA) is 49.7 Å². The Morgan fingerprint density at radius 1 is 1.05 bits per heavy atom. The second-order valence-corrected chi connectivity index (χ2v) is 4.48. The zero-order chi connectivity index (χ0) is 15.1. The van der Waals surface area contributed by atoms with E-state index in [0.717, 1.165) is 11.3 Å². The van der Waals surface area contributed by atoms with E-state index in [4.69, 9.17) is 21.4 Å². The molecule has 1 atom stereocenters. The van der Waals surface area contributed by atoms with Crippen LogP contribution in [0.15, 0.2) is 54.6 Å². The van der Waals surface area contributed by atoms with E-state index < -0.39 is 0 Å². The minimum atomic E-state index is 0.0416. The molecule has 106 valence electrons. The maximum absolute atomic E-state index is 8.65. The van der Waals surface area contributed by atoms with Gasteiger partial charge in [-0.05, 0) is 24.3 Å². The maximum atomic E-state index is 8.65. The van der Waals surface area contributed by atoms with Crippen LogP contribution in [-0.2, 0) is 0 Å². The smallest absolute Gasteiger partial charge is 0.128 e. The van der Waals surface area contributed by atoms with Gasteiger partial charge in [0.05, 0.1) is 0 Å². The fourth-order valence-electron chi connectivity index (χ4n) is 1.86. The van der Waals surface area contributed by atoms with Gasteiger partial charge in [-0.15, -0.1) is 12.3 Å². The van der Waals surface area contributed by atoms with Gasteiger partial charge >= 0.3 is 0 Å². The first-order valence-electron chi connectivity index (χ1n) is 6.54. The number of phenolic OH excluding ortho intramolecular Hbond substituents is 2. The Hall–Kier alpha value is -2.86.